The smallest absolute Gasteiger partial charge is 0.407 e. The van der Waals surface area contributed by atoms with Gasteiger partial charge in [-0.15, -0.1) is 0 Å². The summed E-state index contributed by atoms with van der Waals surface area (Å²) in [5, 5.41) is 2.68. The van der Waals surface area contributed by atoms with Crippen molar-refractivity contribution in [3.8, 4) is 11.1 Å². The van der Waals surface area contributed by atoms with Crippen LogP contribution in [0.15, 0.2) is 53.3 Å². The summed E-state index contributed by atoms with van der Waals surface area (Å²) in [6, 6.07) is 15.5. The first-order valence-corrected chi connectivity index (χ1v) is 19.0. The third-order valence-electron chi connectivity index (χ3n) is 9.55. The maximum Gasteiger partial charge on any atom is 0.407 e. The van der Waals surface area contributed by atoms with Gasteiger partial charge in [-0.2, -0.15) is 0 Å². The number of unbranched alkanes of at least 4 members (excludes halogenated alkanes) is 11. The van der Waals surface area contributed by atoms with Gasteiger partial charge < -0.3 is 19.8 Å². The number of esters is 1. The highest BCUT2D eigenvalue weighted by Gasteiger charge is 2.29. The molecule has 1 aliphatic carbocycles. The van der Waals surface area contributed by atoms with Crippen molar-refractivity contribution in [1.29, 1.82) is 0 Å². The second-order valence-electron chi connectivity index (χ2n) is 13.2. The molecule has 2 aromatic carbocycles. The monoisotopic (exact) mass is 689 g/mol. The van der Waals surface area contributed by atoms with Crippen LogP contribution in [0.25, 0.3) is 11.1 Å². The van der Waals surface area contributed by atoms with Crippen molar-refractivity contribution in [3.63, 3.8) is 0 Å². The summed E-state index contributed by atoms with van der Waals surface area (Å²) >= 11 is 5.24. The van der Waals surface area contributed by atoms with E-state index >= 15 is 0 Å². The number of benzene rings is 2. The van der Waals surface area contributed by atoms with Crippen LogP contribution < -0.4 is 10.9 Å². The molecule has 0 spiro atoms. The average Bonchev–Trinajstić information content (AvgIpc) is 3.42. The lowest BCUT2D eigenvalue weighted by Gasteiger charge is -2.18. The van der Waals surface area contributed by atoms with Gasteiger partial charge in [0.05, 0.1) is 6.61 Å². The van der Waals surface area contributed by atoms with Gasteiger partial charge in [0.1, 0.15) is 12.6 Å². The molecular weight excluding hydrogens is 635 g/mol. The lowest BCUT2D eigenvalue weighted by molar-refractivity contribution is -0.146. The van der Waals surface area contributed by atoms with Crippen LogP contribution in [0.2, 0.25) is 0 Å². The molecule has 3 N–H and O–H groups in total. The Morgan fingerprint density at radius 3 is 1.92 bits per heavy atom. The summed E-state index contributed by atoms with van der Waals surface area (Å²) in [6.07, 6.45) is 16.6. The fourth-order valence-electron chi connectivity index (χ4n) is 6.81. The number of fused-ring (bicyclic) bond motifs is 3. The third-order valence-corrected chi connectivity index (χ3v) is 9.76. The van der Waals surface area contributed by atoms with Crippen molar-refractivity contribution in [2.75, 3.05) is 13.2 Å². The number of amides is 1. The van der Waals surface area contributed by atoms with Crippen molar-refractivity contribution in [2.24, 2.45) is 0 Å². The first-order chi connectivity index (χ1) is 23.9. The van der Waals surface area contributed by atoms with Gasteiger partial charge in [0.15, 0.2) is 4.77 Å². The van der Waals surface area contributed by atoms with Gasteiger partial charge in [-0.25, -0.2) is 9.59 Å². The van der Waals surface area contributed by atoms with E-state index in [2.05, 4.69) is 46.5 Å². The Kier molecular flexibility index (Phi) is 16.1. The quantitative estimate of drug-likeness (QED) is 0.0550. The van der Waals surface area contributed by atoms with Crippen molar-refractivity contribution < 1.29 is 19.1 Å². The van der Waals surface area contributed by atoms with Gasteiger partial charge >= 0.3 is 12.1 Å². The molecule has 1 heterocycles. The standard InChI is InChI=1S/C40H55N3O5S/c1-3-5-6-7-8-9-10-11-12-13-14-15-25-33-36(41-39(49)43-37(33)44)26-20-27-47-38(45)35(4-2)42-40(46)48-28-34-31-23-18-16-21-29(31)30-22-17-19-24-32(30)34/h16-19,21-24,34-35H,3-15,20,25-28H2,1-2H3,(H,42,46)(H2,41,43,44,49). The molecule has 0 fully saturated rings. The molecule has 266 valence electrons. The molecule has 4 rings (SSSR count). The molecule has 0 bridgehead atoms. The molecule has 0 radical (unpaired) electrons. The lowest BCUT2D eigenvalue weighted by Crippen LogP contribution is -2.42. The van der Waals surface area contributed by atoms with E-state index in [0.717, 1.165) is 46.4 Å². The normalized spacial score (nSPS) is 12.7. The molecule has 0 aliphatic heterocycles. The number of nitrogens with one attached hydrogen (secondary N) is 3. The van der Waals surface area contributed by atoms with E-state index in [9.17, 15) is 14.4 Å². The Balaban J connectivity index is 1.15. The van der Waals surface area contributed by atoms with Crippen LogP contribution in [0.1, 0.15) is 132 Å². The van der Waals surface area contributed by atoms with E-state index in [1.807, 2.05) is 31.2 Å². The number of aromatic nitrogens is 2. The van der Waals surface area contributed by atoms with E-state index < -0.39 is 18.1 Å². The molecule has 0 saturated heterocycles. The van der Waals surface area contributed by atoms with Gasteiger partial charge in [0, 0.05) is 17.2 Å². The van der Waals surface area contributed by atoms with E-state index in [1.54, 1.807) is 0 Å². The van der Waals surface area contributed by atoms with Crippen LogP contribution >= 0.6 is 12.2 Å². The molecule has 1 unspecified atom stereocenters. The summed E-state index contributed by atoms with van der Waals surface area (Å²) < 4.78 is 11.5. The number of hydrogen-bond donors (Lipinski definition) is 3. The maximum absolute atomic E-state index is 12.9. The summed E-state index contributed by atoms with van der Waals surface area (Å²) in [5.41, 5.74) is 5.95. The molecule has 49 heavy (non-hydrogen) atoms. The van der Waals surface area contributed by atoms with Crippen molar-refractivity contribution in [2.45, 2.75) is 129 Å². The number of aryl methyl sites for hydroxylation is 1. The largest absolute Gasteiger partial charge is 0.464 e. The van der Waals surface area contributed by atoms with Crippen LogP contribution in [0.4, 0.5) is 4.79 Å². The Labute approximate surface area is 296 Å². The summed E-state index contributed by atoms with van der Waals surface area (Å²) in [7, 11) is 0. The summed E-state index contributed by atoms with van der Waals surface area (Å²) in [6.45, 7) is 4.40. The van der Waals surface area contributed by atoms with E-state index in [4.69, 9.17) is 21.7 Å². The number of rotatable bonds is 22. The molecule has 8 nitrogen and oxygen atoms in total. The fourth-order valence-corrected chi connectivity index (χ4v) is 7.03. The van der Waals surface area contributed by atoms with E-state index in [0.29, 0.717) is 30.5 Å². The van der Waals surface area contributed by atoms with Crippen molar-refractivity contribution >= 4 is 24.3 Å². The minimum atomic E-state index is -0.817. The predicted molar refractivity (Wildman–Crippen MR) is 199 cm³/mol. The van der Waals surface area contributed by atoms with Gasteiger partial charge in [-0.1, -0.05) is 133 Å². The predicted octanol–water partition coefficient (Wildman–Crippen LogP) is 9.47. The van der Waals surface area contributed by atoms with Crippen molar-refractivity contribution in [3.05, 3.63) is 86.0 Å². The summed E-state index contributed by atoms with van der Waals surface area (Å²) in [4.78, 5) is 44.2. The van der Waals surface area contributed by atoms with Crippen LogP contribution in [0.3, 0.4) is 0 Å². The Bertz CT molecular complexity index is 1550. The molecule has 9 heteroatoms. The average molecular weight is 690 g/mol. The molecule has 1 aliphatic rings. The van der Waals surface area contributed by atoms with Gasteiger partial charge in [-0.3, -0.25) is 9.78 Å². The number of aromatic amines is 2. The summed E-state index contributed by atoms with van der Waals surface area (Å²) in [5.74, 6) is -0.570. The van der Waals surface area contributed by atoms with E-state index in [1.165, 1.54) is 64.2 Å². The Morgan fingerprint density at radius 2 is 1.33 bits per heavy atom. The first-order valence-electron chi connectivity index (χ1n) is 18.5. The molecule has 0 saturated carbocycles. The highest BCUT2D eigenvalue weighted by Crippen LogP contribution is 2.44. The lowest BCUT2D eigenvalue weighted by atomic mass is 9.98. The van der Waals surface area contributed by atoms with Crippen LogP contribution in [0.5, 0.6) is 0 Å². The molecule has 1 amide bonds. The Hall–Kier alpha value is -3.72. The van der Waals surface area contributed by atoms with Gasteiger partial charge in [0.25, 0.3) is 5.56 Å². The van der Waals surface area contributed by atoms with Crippen molar-refractivity contribution in [1.82, 2.24) is 15.3 Å². The van der Waals surface area contributed by atoms with Gasteiger partial charge in [0.2, 0.25) is 0 Å². The molecular formula is C40H55N3O5S. The minimum Gasteiger partial charge on any atom is -0.464 e. The second kappa shape index (κ2) is 20.7. The second-order valence-corrected chi connectivity index (χ2v) is 13.6. The highest BCUT2D eigenvalue weighted by atomic mass is 32.1. The van der Waals surface area contributed by atoms with E-state index in [-0.39, 0.29) is 24.7 Å². The number of carbonyl (C=O) groups excluding carboxylic acids is 2. The minimum absolute atomic E-state index is 0.0625. The Morgan fingerprint density at radius 1 is 0.755 bits per heavy atom. The van der Waals surface area contributed by atoms with Crippen LogP contribution in [-0.4, -0.2) is 41.3 Å². The van der Waals surface area contributed by atoms with Gasteiger partial charge in [-0.05, 0) is 66.6 Å². The number of hydrogen-bond acceptors (Lipinski definition) is 6. The topological polar surface area (TPSA) is 113 Å². The third kappa shape index (κ3) is 11.7. The SMILES string of the molecule is CCCCCCCCCCCCCCc1c(CCCOC(=O)C(CC)NC(=O)OCC2c3ccccc3-c3ccccc32)[nH]c(=S)[nH]c1=O. The number of H-pyrrole nitrogens is 2. The molecule has 1 atom stereocenters. The van der Waals surface area contributed by atoms with Crippen LogP contribution in [-0.2, 0) is 27.1 Å². The number of ether oxygens (including phenoxy) is 2. The molecule has 1 aromatic heterocycles. The zero-order valence-corrected chi connectivity index (χ0v) is 30.3. The first kappa shape index (κ1) is 38.1. The maximum atomic E-state index is 12.9. The fraction of sp³-hybridized carbons (Fsp3) is 0.550. The molecule has 3 aromatic rings. The zero-order chi connectivity index (χ0) is 34.8. The number of alkyl carbamates (subject to hydrolysis) is 1. The van der Waals surface area contributed by atoms with Crippen LogP contribution in [0, 0.1) is 4.77 Å². The zero-order valence-electron chi connectivity index (χ0n) is 29.5. The number of carbonyl (C=O) groups is 2. The highest BCUT2D eigenvalue weighted by molar-refractivity contribution is 7.71.